The van der Waals surface area contributed by atoms with Crippen LogP contribution < -0.4 is 15.2 Å². The number of benzene rings is 1. The maximum Gasteiger partial charge on any atom is 0.387 e. The highest BCUT2D eigenvalue weighted by Crippen LogP contribution is 2.23. The summed E-state index contributed by atoms with van der Waals surface area (Å²) >= 11 is 0. The van der Waals surface area contributed by atoms with Crippen molar-refractivity contribution in [2.24, 2.45) is 5.73 Å². The van der Waals surface area contributed by atoms with Crippen LogP contribution in [0.2, 0.25) is 0 Å². The molecule has 0 aliphatic carbocycles. The number of ether oxygens (including phenoxy) is 1. The van der Waals surface area contributed by atoms with E-state index in [0.29, 0.717) is 6.07 Å². The van der Waals surface area contributed by atoms with Crippen LogP contribution >= 0.6 is 0 Å². The topological polar surface area (TPSA) is 81.4 Å². The number of alkyl halides is 2. The molecular formula is C11H15F3N2O3S. The summed E-state index contributed by atoms with van der Waals surface area (Å²) in [5, 5.41) is 0. The largest absolute Gasteiger partial charge is 0.432 e. The van der Waals surface area contributed by atoms with Gasteiger partial charge in [0.25, 0.3) is 0 Å². The lowest BCUT2D eigenvalue weighted by Crippen LogP contribution is -2.48. The fourth-order valence-corrected chi connectivity index (χ4v) is 2.74. The van der Waals surface area contributed by atoms with Crippen molar-refractivity contribution in [3.05, 3.63) is 24.0 Å². The Labute approximate surface area is 115 Å². The summed E-state index contributed by atoms with van der Waals surface area (Å²) in [6.45, 7) is -0.0627. The number of rotatable bonds is 6. The molecule has 20 heavy (non-hydrogen) atoms. The Morgan fingerprint density at radius 1 is 1.40 bits per heavy atom. The van der Waals surface area contributed by atoms with E-state index in [4.69, 9.17) is 5.73 Å². The Morgan fingerprint density at radius 2 is 2.00 bits per heavy atom. The van der Waals surface area contributed by atoms with E-state index in [1.54, 1.807) is 13.8 Å². The van der Waals surface area contributed by atoms with Crippen LogP contribution in [0.1, 0.15) is 13.8 Å². The summed E-state index contributed by atoms with van der Waals surface area (Å²) in [6, 6.07) is 2.40. The maximum atomic E-state index is 13.5. The van der Waals surface area contributed by atoms with Gasteiger partial charge < -0.3 is 10.5 Å². The third-order valence-corrected chi connectivity index (χ3v) is 4.05. The van der Waals surface area contributed by atoms with Crippen molar-refractivity contribution in [1.29, 1.82) is 0 Å². The van der Waals surface area contributed by atoms with Crippen molar-refractivity contribution in [3.8, 4) is 5.75 Å². The number of nitrogens with two attached hydrogens (primary N) is 1. The molecule has 9 heteroatoms. The monoisotopic (exact) mass is 312 g/mol. The molecule has 0 aromatic heterocycles. The van der Waals surface area contributed by atoms with Gasteiger partial charge in [0.1, 0.15) is 0 Å². The summed E-state index contributed by atoms with van der Waals surface area (Å²) in [5.41, 5.74) is 4.47. The van der Waals surface area contributed by atoms with Crippen molar-refractivity contribution < 1.29 is 26.3 Å². The molecule has 1 aromatic rings. The lowest BCUT2D eigenvalue weighted by atomic mass is 10.1. The Balaban J connectivity index is 3.06. The minimum Gasteiger partial charge on any atom is -0.432 e. The lowest BCUT2D eigenvalue weighted by molar-refractivity contribution is -0.0522. The van der Waals surface area contributed by atoms with Gasteiger partial charge in [0, 0.05) is 12.1 Å². The van der Waals surface area contributed by atoms with E-state index < -0.39 is 38.6 Å². The van der Waals surface area contributed by atoms with E-state index in [9.17, 15) is 21.6 Å². The van der Waals surface area contributed by atoms with Gasteiger partial charge in [0.2, 0.25) is 10.0 Å². The highest BCUT2D eigenvalue weighted by Gasteiger charge is 2.26. The van der Waals surface area contributed by atoms with E-state index in [1.165, 1.54) is 0 Å². The summed E-state index contributed by atoms with van der Waals surface area (Å²) in [5.74, 6) is -1.92. The minimum absolute atomic E-state index is 0.0291. The zero-order chi connectivity index (χ0) is 15.6. The molecule has 0 bridgehead atoms. The number of sulfonamides is 1. The van der Waals surface area contributed by atoms with Gasteiger partial charge in [0.05, 0.1) is 4.90 Å². The van der Waals surface area contributed by atoms with Crippen LogP contribution in [0, 0.1) is 5.82 Å². The Hall–Kier alpha value is -1.32. The number of hydrogen-bond acceptors (Lipinski definition) is 4. The van der Waals surface area contributed by atoms with Gasteiger partial charge in [-0.1, -0.05) is 0 Å². The smallest absolute Gasteiger partial charge is 0.387 e. The van der Waals surface area contributed by atoms with Crippen molar-refractivity contribution in [2.45, 2.75) is 30.9 Å². The second-order valence-corrected chi connectivity index (χ2v) is 6.35. The standard InChI is InChI=1S/C11H15F3N2O3S/c1-11(2,6-15)16-20(17,18)7-3-4-9(8(12)5-7)19-10(13)14/h3-5,10,16H,6,15H2,1-2H3. The molecule has 1 rings (SSSR count). The van der Waals surface area contributed by atoms with E-state index in [0.717, 1.165) is 12.1 Å². The quantitative estimate of drug-likeness (QED) is 0.833. The van der Waals surface area contributed by atoms with Crippen LogP contribution in [0.25, 0.3) is 0 Å². The minimum atomic E-state index is -4.01. The molecule has 0 aliphatic rings. The lowest BCUT2D eigenvalue weighted by Gasteiger charge is -2.23. The van der Waals surface area contributed by atoms with E-state index >= 15 is 0 Å². The molecule has 0 atom stereocenters. The molecule has 0 spiro atoms. The van der Waals surface area contributed by atoms with Crippen molar-refractivity contribution in [3.63, 3.8) is 0 Å². The number of hydrogen-bond donors (Lipinski definition) is 2. The SMILES string of the molecule is CC(C)(CN)NS(=O)(=O)c1ccc(OC(F)F)c(F)c1. The fourth-order valence-electron chi connectivity index (χ4n) is 1.30. The van der Waals surface area contributed by atoms with Gasteiger partial charge in [-0.05, 0) is 32.0 Å². The molecule has 0 saturated carbocycles. The second-order valence-electron chi connectivity index (χ2n) is 4.66. The van der Waals surface area contributed by atoms with Gasteiger partial charge >= 0.3 is 6.61 Å². The zero-order valence-corrected chi connectivity index (χ0v) is 11.7. The summed E-state index contributed by atoms with van der Waals surface area (Å²) in [7, 11) is -4.01. The van der Waals surface area contributed by atoms with E-state index in [-0.39, 0.29) is 6.54 Å². The molecule has 0 amide bonds. The van der Waals surface area contributed by atoms with Gasteiger partial charge in [-0.25, -0.2) is 17.5 Å². The second kappa shape index (κ2) is 5.98. The number of halogens is 3. The Morgan fingerprint density at radius 3 is 2.45 bits per heavy atom. The average molecular weight is 312 g/mol. The van der Waals surface area contributed by atoms with E-state index in [2.05, 4.69) is 9.46 Å². The third kappa shape index (κ3) is 4.36. The first-order chi connectivity index (χ1) is 9.07. The zero-order valence-electron chi connectivity index (χ0n) is 10.9. The summed E-state index contributed by atoms with van der Waals surface area (Å²) < 4.78 is 67.5. The molecule has 0 radical (unpaired) electrons. The first-order valence-electron chi connectivity index (χ1n) is 5.56. The molecule has 3 N–H and O–H groups in total. The molecule has 0 aliphatic heterocycles. The van der Waals surface area contributed by atoms with Gasteiger partial charge in [0.15, 0.2) is 11.6 Å². The predicted octanol–water partition coefficient (Wildman–Crippen LogP) is 1.44. The first-order valence-corrected chi connectivity index (χ1v) is 7.04. The van der Waals surface area contributed by atoms with Crippen molar-refractivity contribution in [2.75, 3.05) is 6.54 Å². The van der Waals surface area contributed by atoms with E-state index in [1.807, 2.05) is 0 Å². The fraction of sp³-hybridized carbons (Fsp3) is 0.455. The van der Waals surface area contributed by atoms with Crippen LogP contribution in [0.5, 0.6) is 5.75 Å². The Kier molecular flexibility index (Phi) is 5.00. The number of nitrogens with one attached hydrogen (secondary N) is 1. The van der Waals surface area contributed by atoms with Crippen LogP contribution in [0.15, 0.2) is 23.1 Å². The van der Waals surface area contributed by atoms with Crippen LogP contribution in [-0.2, 0) is 10.0 Å². The molecule has 0 unspecified atom stereocenters. The third-order valence-electron chi connectivity index (χ3n) is 2.35. The molecule has 5 nitrogen and oxygen atoms in total. The van der Waals surface area contributed by atoms with Crippen LogP contribution in [-0.4, -0.2) is 27.1 Å². The highest BCUT2D eigenvalue weighted by atomic mass is 32.2. The van der Waals surface area contributed by atoms with Crippen molar-refractivity contribution >= 4 is 10.0 Å². The van der Waals surface area contributed by atoms with Gasteiger partial charge in [-0.2, -0.15) is 8.78 Å². The van der Waals surface area contributed by atoms with Crippen molar-refractivity contribution in [1.82, 2.24) is 4.72 Å². The summed E-state index contributed by atoms with van der Waals surface area (Å²) in [4.78, 5) is -0.404. The normalized spacial score (nSPS) is 12.8. The molecular weight excluding hydrogens is 297 g/mol. The molecule has 0 heterocycles. The van der Waals surface area contributed by atoms with Gasteiger partial charge in [-0.15, -0.1) is 0 Å². The molecule has 0 saturated heterocycles. The van der Waals surface area contributed by atoms with Gasteiger partial charge in [-0.3, -0.25) is 0 Å². The average Bonchev–Trinajstić information content (AvgIpc) is 2.30. The summed E-state index contributed by atoms with van der Waals surface area (Å²) in [6.07, 6.45) is 0. The predicted molar refractivity (Wildman–Crippen MR) is 66.5 cm³/mol. The maximum absolute atomic E-state index is 13.5. The molecule has 1 aromatic carbocycles. The Bertz CT molecular complexity index is 576. The molecule has 0 fully saturated rings. The first kappa shape index (κ1) is 16.7. The van der Waals surface area contributed by atoms with Crippen LogP contribution in [0.4, 0.5) is 13.2 Å². The highest BCUT2D eigenvalue weighted by molar-refractivity contribution is 7.89. The van der Waals surface area contributed by atoms with Crippen LogP contribution in [0.3, 0.4) is 0 Å². The molecule has 114 valence electrons.